The number of benzene rings is 3. The maximum atomic E-state index is 12.5. The molecule has 34 heavy (non-hydrogen) atoms. The van der Waals surface area contributed by atoms with E-state index in [1.165, 1.54) is 5.56 Å². The molecule has 0 aromatic heterocycles. The van der Waals surface area contributed by atoms with E-state index < -0.39 is 5.66 Å². The molecule has 3 aromatic carbocycles. The van der Waals surface area contributed by atoms with Crippen molar-refractivity contribution in [1.82, 2.24) is 5.32 Å². The lowest BCUT2D eigenvalue weighted by Crippen LogP contribution is -2.58. The molecule has 2 aliphatic heterocycles. The fourth-order valence-electron chi connectivity index (χ4n) is 5.03. The number of nitrogens with one attached hydrogen (secondary N) is 1. The number of ether oxygens (including phenoxy) is 2. The second-order valence-corrected chi connectivity index (χ2v) is 9.57. The zero-order valence-corrected chi connectivity index (χ0v) is 20.2. The quantitative estimate of drug-likeness (QED) is 0.507. The van der Waals surface area contributed by atoms with Gasteiger partial charge in [-0.05, 0) is 41.5 Å². The molecule has 3 aromatic rings. The lowest BCUT2D eigenvalue weighted by Gasteiger charge is -2.40. The molecule has 2 heterocycles. The summed E-state index contributed by atoms with van der Waals surface area (Å²) in [7, 11) is 1.62. The van der Waals surface area contributed by atoms with Gasteiger partial charge in [0, 0.05) is 21.7 Å². The van der Waals surface area contributed by atoms with E-state index in [2.05, 4.69) is 42.3 Å². The zero-order valence-electron chi connectivity index (χ0n) is 19.5. The molecule has 1 N–H and O–H groups in total. The first-order valence-electron chi connectivity index (χ1n) is 11.3. The number of para-hydroxylation sites is 1. The molecule has 0 unspecified atom stereocenters. The average Bonchev–Trinajstić information content (AvgIpc) is 3.27. The summed E-state index contributed by atoms with van der Waals surface area (Å²) in [5, 5.41) is 3.92. The van der Waals surface area contributed by atoms with E-state index in [1.54, 1.807) is 7.11 Å². The molecule has 1 saturated heterocycles. The number of carbonyl (C=O) groups is 1. The average molecular weight is 475 g/mol. The van der Waals surface area contributed by atoms with E-state index in [-0.39, 0.29) is 11.3 Å². The first-order valence-corrected chi connectivity index (χ1v) is 11.7. The maximum absolute atomic E-state index is 12.5. The Morgan fingerprint density at radius 2 is 1.82 bits per heavy atom. The first-order chi connectivity index (χ1) is 16.4. The van der Waals surface area contributed by atoms with Crippen molar-refractivity contribution in [1.29, 1.82) is 0 Å². The van der Waals surface area contributed by atoms with Gasteiger partial charge in [-0.3, -0.25) is 4.79 Å². The Hall–Kier alpha value is -3.44. The predicted molar refractivity (Wildman–Crippen MR) is 135 cm³/mol. The number of carbonyl (C=O) groups excluding carboxylic acids is 1. The molecule has 174 valence electrons. The summed E-state index contributed by atoms with van der Waals surface area (Å²) in [6.07, 6.45) is 4.13. The molecule has 0 spiro atoms. The van der Waals surface area contributed by atoms with Gasteiger partial charge in [0.15, 0.2) is 11.5 Å². The third-order valence-corrected chi connectivity index (χ3v) is 7.29. The van der Waals surface area contributed by atoms with Gasteiger partial charge in [-0.15, -0.1) is 0 Å². The summed E-state index contributed by atoms with van der Waals surface area (Å²) in [6, 6.07) is 21.7. The Labute approximate surface area is 204 Å². The molecule has 2 aliphatic rings. The number of hydrogen-bond acceptors (Lipinski definition) is 4. The highest BCUT2D eigenvalue weighted by Crippen LogP contribution is 2.52. The molecule has 0 bridgehead atoms. The van der Waals surface area contributed by atoms with Crippen molar-refractivity contribution in [3.8, 4) is 11.5 Å². The van der Waals surface area contributed by atoms with Gasteiger partial charge in [0.05, 0.1) is 13.7 Å². The van der Waals surface area contributed by atoms with Crippen LogP contribution in [0.5, 0.6) is 11.5 Å². The van der Waals surface area contributed by atoms with Gasteiger partial charge in [-0.25, -0.2) is 0 Å². The molecule has 1 fully saturated rings. The lowest BCUT2D eigenvalue weighted by atomic mass is 9.75. The summed E-state index contributed by atoms with van der Waals surface area (Å²) in [4.78, 5) is 14.7. The minimum absolute atomic E-state index is 0.0214. The lowest BCUT2D eigenvalue weighted by molar-refractivity contribution is -0.118. The topological polar surface area (TPSA) is 50.8 Å². The second kappa shape index (κ2) is 8.41. The Balaban J connectivity index is 1.43. The molecule has 0 aliphatic carbocycles. The van der Waals surface area contributed by atoms with E-state index in [4.69, 9.17) is 21.1 Å². The van der Waals surface area contributed by atoms with Gasteiger partial charge in [0.1, 0.15) is 12.3 Å². The van der Waals surface area contributed by atoms with Crippen molar-refractivity contribution < 1.29 is 14.3 Å². The monoisotopic (exact) mass is 474 g/mol. The number of nitrogens with zero attached hydrogens (tertiary/aromatic N) is 1. The van der Waals surface area contributed by atoms with Crippen molar-refractivity contribution >= 4 is 29.3 Å². The van der Waals surface area contributed by atoms with Crippen LogP contribution in [0.25, 0.3) is 6.08 Å². The third kappa shape index (κ3) is 3.51. The van der Waals surface area contributed by atoms with Crippen LogP contribution in [0.3, 0.4) is 0 Å². The van der Waals surface area contributed by atoms with Crippen LogP contribution in [-0.4, -0.2) is 25.2 Å². The van der Waals surface area contributed by atoms with Crippen LogP contribution in [0.4, 0.5) is 5.69 Å². The van der Waals surface area contributed by atoms with Gasteiger partial charge < -0.3 is 19.7 Å². The zero-order chi connectivity index (χ0) is 23.9. The normalized spacial score (nSPS) is 20.2. The molecular weight excluding hydrogens is 448 g/mol. The van der Waals surface area contributed by atoms with Crippen LogP contribution in [0.2, 0.25) is 5.02 Å². The van der Waals surface area contributed by atoms with E-state index in [0.29, 0.717) is 29.7 Å². The standard InChI is InChI=1S/C28H27ClN2O3/c1-27(2)21-9-5-7-11-23(21)31-17-26(32)30-28(27,31)15-14-19-12-13-24(25(16-19)33-3)34-18-20-8-4-6-10-22(20)29/h4-16H,17-18H2,1-3H3,(H,30,32)/b15-14+/t28-/m1/s1. The minimum Gasteiger partial charge on any atom is -0.493 e. The van der Waals surface area contributed by atoms with Crippen molar-refractivity contribution in [2.45, 2.75) is 31.5 Å². The number of rotatable bonds is 6. The Kier molecular flexibility index (Phi) is 5.53. The van der Waals surface area contributed by atoms with E-state index >= 15 is 0 Å². The summed E-state index contributed by atoms with van der Waals surface area (Å²) < 4.78 is 11.6. The largest absolute Gasteiger partial charge is 0.493 e. The Morgan fingerprint density at radius 1 is 1.06 bits per heavy atom. The van der Waals surface area contributed by atoms with E-state index in [1.807, 2.05) is 60.7 Å². The summed E-state index contributed by atoms with van der Waals surface area (Å²) in [5.41, 5.74) is 3.23. The second-order valence-electron chi connectivity index (χ2n) is 9.17. The van der Waals surface area contributed by atoms with Crippen LogP contribution in [0.15, 0.2) is 72.8 Å². The van der Waals surface area contributed by atoms with Gasteiger partial charge in [-0.1, -0.05) is 74.0 Å². The maximum Gasteiger partial charge on any atom is 0.241 e. The summed E-state index contributed by atoms with van der Waals surface area (Å²) in [6.45, 7) is 5.03. The number of fused-ring (bicyclic) bond motifs is 3. The van der Waals surface area contributed by atoms with Crippen LogP contribution in [-0.2, 0) is 16.8 Å². The fourth-order valence-corrected chi connectivity index (χ4v) is 5.22. The van der Waals surface area contributed by atoms with Gasteiger partial charge >= 0.3 is 0 Å². The van der Waals surface area contributed by atoms with Crippen molar-refractivity contribution in [2.75, 3.05) is 18.6 Å². The van der Waals surface area contributed by atoms with Crippen molar-refractivity contribution in [3.63, 3.8) is 0 Å². The van der Waals surface area contributed by atoms with Crippen LogP contribution < -0.4 is 19.7 Å². The van der Waals surface area contributed by atoms with Crippen molar-refractivity contribution in [3.05, 3.63) is 94.5 Å². The van der Waals surface area contributed by atoms with Gasteiger partial charge in [-0.2, -0.15) is 0 Å². The molecule has 6 heteroatoms. The Morgan fingerprint density at radius 3 is 2.62 bits per heavy atom. The molecule has 1 atom stereocenters. The fraction of sp³-hybridized carbons (Fsp3) is 0.250. The van der Waals surface area contributed by atoms with E-state index in [9.17, 15) is 4.79 Å². The SMILES string of the molecule is COc1cc(/C=C/[C@@]23NC(=O)CN2c2ccccc2C3(C)C)ccc1OCc1ccccc1Cl. The smallest absolute Gasteiger partial charge is 0.241 e. The molecule has 0 saturated carbocycles. The summed E-state index contributed by atoms with van der Waals surface area (Å²) >= 11 is 6.25. The highest BCUT2D eigenvalue weighted by Gasteiger charge is 2.59. The number of halogens is 1. The molecule has 5 rings (SSSR count). The van der Waals surface area contributed by atoms with E-state index in [0.717, 1.165) is 16.8 Å². The Bertz CT molecular complexity index is 1290. The van der Waals surface area contributed by atoms with Gasteiger partial charge in [0.2, 0.25) is 5.91 Å². The molecule has 5 nitrogen and oxygen atoms in total. The van der Waals surface area contributed by atoms with Crippen LogP contribution in [0, 0.1) is 0 Å². The van der Waals surface area contributed by atoms with Crippen LogP contribution >= 0.6 is 11.6 Å². The number of hydrogen-bond donors (Lipinski definition) is 1. The molecule has 0 radical (unpaired) electrons. The highest BCUT2D eigenvalue weighted by atomic mass is 35.5. The first kappa shape index (κ1) is 22.4. The summed E-state index contributed by atoms with van der Waals surface area (Å²) in [5.74, 6) is 1.29. The number of anilines is 1. The minimum atomic E-state index is -0.639. The van der Waals surface area contributed by atoms with Gasteiger partial charge in [0.25, 0.3) is 0 Å². The van der Waals surface area contributed by atoms with Crippen molar-refractivity contribution in [2.24, 2.45) is 0 Å². The third-order valence-electron chi connectivity index (χ3n) is 6.92. The predicted octanol–water partition coefficient (Wildman–Crippen LogP) is 5.56. The van der Waals surface area contributed by atoms with Crippen LogP contribution in [0.1, 0.15) is 30.5 Å². The molecule has 1 amide bonds. The number of amides is 1. The highest BCUT2D eigenvalue weighted by molar-refractivity contribution is 6.31. The number of methoxy groups -OCH3 is 1. The molecular formula is C28H27ClN2O3.